The lowest BCUT2D eigenvalue weighted by Crippen LogP contribution is -2.21. The molecule has 0 aliphatic carbocycles. The van der Waals surface area contributed by atoms with E-state index in [2.05, 4.69) is 51.5 Å². The summed E-state index contributed by atoms with van der Waals surface area (Å²) < 4.78 is 1.12. The Labute approximate surface area is 131 Å². The zero-order valence-corrected chi connectivity index (χ0v) is 14.0. The van der Waals surface area contributed by atoms with Crippen molar-refractivity contribution in [1.29, 1.82) is 0 Å². The van der Waals surface area contributed by atoms with Gasteiger partial charge in [-0.1, -0.05) is 23.8 Å². The van der Waals surface area contributed by atoms with Crippen molar-refractivity contribution < 1.29 is 0 Å². The van der Waals surface area contributed by atoms with Crippen LogP contribution in [0.5, 0.6) is 0 Å². The maximum absolute atomic E-state index is 5.82. The Hall–Kier alpha value is -0.910. The van der Waals surface area contributed by atoms with Crippen LogP contribution in [0, 0.1) is 6.92 Å². The van der Waals surface area contributed by atoms with E-state index in [9.17, 15) is 0 Å². The molecule has 0 saturated carbocycles. The fraction of sp³-hybridized carbons (Fsp3) is 0.214. The molecule has 0 radical (unpaired) electrons. The summed E-state index contributed by atoms with van der Waals surface area (Å²) in [5.74, 6) is 0. The van der Waals surface area contributed by atoms with Crippen molar-refractivity contribution in [3.05, 3.63) is 50.1 Å². The molecule has 1 heterocycles. The van der Waals surface area contributed by atoms with E-state index in [-0.39, 0.29) is 0 Å². The Morgan fingerprint density at radius 3 is 2.74 bits per heavy atom. The molecule has 0 spiro atoms. The van der Waals surface area contributed by atoms with E-state index in [0.717, 1.165) is 22.3 Å². The lowest BCUT2D eigenvalue weighted by atomic mass is 10.1. The van der Waals surface area contributed by atoms with Crippen LogP contribution in [0.3, 0.4) is 0 Å². The van der Waals surface area contributed by atoms with Crippen molar-refractivity contribution in [2.75, 3.05) is 11.9 Å². The molecule has 2 N–H and O–H groups in total. The zero-order valence-electron chi connectivity index (χ0n) is 10.8. The predicted molar refractivity (Wildman–Crippen MR) is 91.2 cm³/mol. The summed E-state index contributed by atoms with van der Waals surface area (Å²) in [6, 6.07) is 8.33. The molecule has 1 aromatic carbocycles. The van der Waals surface area contributed by atoms with Crippen LogP contribution in [0.15, 0.2) is 34.1 Å². The second kappa shape index (κ2) is 6.03. The molecule has 0 bridgehead atoms. The molecule has 5 heteroatoms. The van der Waals surface area contributed by atoms with Crippen molar-refractivity contribution in [2.24, 2.45) is 5.73 Å². The Balaban J connectivity index is 2.28. The van der Waals surface area contributed by atoms with Crippen LogP contribution in [0.25, 0.3) is 0 Å². The summed E-state index contributed by atoms with van der Waals surface area (Å²) in [6.45, 7) is 2.89. The zero-order chi connectivity index (χ0) is 14.0. The molecule has 2 aromatic rings. The fourth-order valence-electron chi connectivity index (χ4n) is 1.94. The summed E-state index contributed by atoms with van der Waals surface area (Å²) in [7, 11) is 2.06. The standard InChI is InChI=1S/C14H15BrN2S2/c1-9-3-4-13(12(5-9)14(16)18)17(2)7-11-6-10(15)8-19-11/h3-6,8H,7H2,1-2H3,(H2,16,18). The minimum absolute atomic E-state index is 0.443. The SMILES string of the molecule is Cc1ccc(N(C)Cc2cc(Br)cs2)c(C(N)=S)c1. The van der Waals surface area contributed by atoms with Crippen molar-refractivity contribution in [1.82, 2.24) is 0 Å². The normalized spacial score (nSPS) is 10.5. The quantitative estimate of drug-likeness (QED) is 0.838. The molecule has 0 saturated heterocycles. The Bertz CT molecular complexity index is 607. The smallest absolute Gasteiger partial charge is 0.106 e. The van der Waals surface area contributed by atoms with Crippen LogP contribution in [-0.2, 0) is 6.54 Å². The van der Waals surface area contributed by atoms with Crippen LogP contribution in [0.4, 0.5) is 5.69 Å². The highest BCUT2D eigenvalue weighted by Crippen LogP contribution is 2.26. The minimum atomic E-state index is 0.443. The van der Waals surface area contributed by atoms with Gasteiger partial charge in [0.2, 0.25) is 0 Å². The third kappa shape index (κ3) is 3.55. The first-order chi connectivity index (χ1) is 8.97. The molecule has 0 aliphatic rings. The molecule has 2 nitrogen and oxygen atoms in total. The minimum Gasteiger partial charge on any atom is -0.389 e. The number of rotatable bonds is 4. The molecule has 100 valence electrons. The Kier molecular flexibility index (Phi) is 4.60. The molecular weight excluding hydrogens is 340 g/mol. The number of nitrogens with two attached hydrogens (primary N) is 1. The van der Waals surface area contributed by atoms with E-state index < -0.39 is 0 Å². The molecule has 19 heavy (non-hydrogen) atoms. The largest absolute Gasteiger partial charge is 0.389 e. The van der Waals surface area contributed by atoms with Gasteiger partial charge in [-0.15, -0.1) is 11.3 Å². The van der Waals surface area contributed by atoms with Gasteiger partial charge in [-0.25, -0.2) is 0 Å². The number of hydrogen-bond donors (Lipinski definition) is 1. The first-order valence-corrected chi connectivity index (χ1v) is 7.90. The van der Waals surface area contributed by atoms with Crippen molar-refractivity contribution in [3.8, 4) is 0 Å². The topological polar surface area (TPSA) is 29.3 Å². The maximum atomic E-state index is 5.82. The van der Waals surface area contributed by atoms with Gasteiger partial charge in [-0.3, -0.25) is 0 Å². The van der Waals surface area contributed by atoms with Gasteiger partial charge < -0.3 is 10.6 Å². The number of thiocarbonyl (C=S) groups is 1. The molecule has 0 unspecified atom stereocenters. The van der Waals surface area contributed by atoms with Crippen LogP contribution >= 0.6 is 39.5 Å². The van der Waals surface area contributed by atoms with E-state index >= 15 is 0 Å². The first kappa shape index (κ1) is 14.5. The van der Waals surface area contributed by atoms with E-state index in [0.29, 0.717) is 4.99 Å². The number of halogens is 1. The van der Waals surface area contributed by atoms with Crippen molar-refractivity contribution in [3.63, 3.8) is 0 Å². The van der Waals surface area contributed by atoms with Gasteiger partial charge in [0.1, 0.15) is 4.99 Å². The molecule has 2 rings (SSSR count). The number of thiophene rings is 1. The van der Waals surface area contributed by atoms with Gasteiger partial charge in [0.15, 0.2) is 0 Å². The van der Waals surface area contributed by atoms with Gasteiger partial charge in [0.25, 0.3) is 0 Å². The second-order valence-corrected chi connectivity index (χ2v) is 6.82. The number of hydrogen-bond acceptors (Lipinski definition) is 3. The van der Waals surface area contributed by atoms with Gasteiger partial charge >= 0.3 is 0 Å². The second-order valence-electron chi connectivity index (χ2n) is 4.47. The fourth-order valence-corrected chi connectivity index (χ4v) is 3.60. The molecule has 0 fully saturated rings. The highest BCUT2D eigenvalue weighted by atomic mass is 79.9. The molecule has 0 aliphatic heterocycles. The summed E-state index contributed by atoms with van der Waals surface area (Å²) >= 11 is 10.4. The first-order valence-electron chi connectivity index (χ1n) is 5.82. The maximum Gasteiger partial charge on any atom is 0.106 e. The molecule has 0 amide bonds. The van der Waals surface area contributed by atoms with Crippen LogP contribution in [0.2, 0.25) is 0 Å². The number of aryl methyl sites for hydroxylation is 1. The van der Waals surface area contributed by atoms with Gasteiger partial charge in [0, 0.05) is 33.0 Å². The van der Waals surface area contributed by atoms with Gasteiger partial charge in [-0.2, -0.15) is 0 Å². The average molecular weight is 355 g/mol. The van der Waals surface area contributed by atoms with E-state index in [4.69, 9.17) is 18.0 Å². The molecule has 0 atom stereocenters. The van der Waals surface area contributed by atoms with Gasteiger partial charge in [-0.05, 0) is 41.1 Å². The highest BCUT2D eigenvalue weighted by Gasteiger charge is 2.11. The van der Waals surface area contributed by atoms with Crippen LogP contribution in [0.1, 0.15) is 16.0 Å². The monoisotopic (exact) mass is 354 g/mol. The third-order valence-electron chi connectivity index (χ3n) is 2.84. The third-order valence-corrected chi connectivity index (χ3v) is 4.75. The Morgan fingerprint density at radius 2 is 2.16 bits per heavy atom. The number of anilines is 1. The van der Waals surface area contributed by atoms with Crippen LogP contribution in [-0.4, -0.2) is 12.0 Å². The number of benzene rings is 1. The van der Waals surface area contributed by atoms with E-state index in [1.165, 1.54) is 10.4 Å². The van der Waals surface area contributed by atoms with E-state index in [1.54, 1.807) is 11.3 Å². The molecule has 1 aromatic heterocycles. The highest BCUT2D eigenvalue weighted by molar-refractivity contribution is 9.10. The average Bonchev–Trinajstić information content (AvgIpc) is 2.74. The van der Waals surface area contributed by atoms with Crippen molar-refractivity contribution >= 4 is 50.2 Å². The van der Waals surface area contributed by atoms with Gasteiger partial charge in [0.05, 0.1) is 6.54 Å². The summed E-state index contributed by atoms with van der Waals surface area (Å²) in [5.41, 5.74) is 8.99. The van der Waals surface area contributed by atoms with E-state index in [1.807, 2.05) is 13.0 Å². The summed E-state index contributed by atoms with van der Waals surface area (Å²) in [5, 5.41) is 2.09. The van der Waals surface area contributed by atoms with Crippen LogP contribution < -0.4 is 10.6 Å². The lowest BCUT2D eigenvalue weighted by Gasteiger charge is -2.22. The van der Waals surface area contributed by atoms with Crippen molar-refractivity contribution in [2.45, 2.75) is 13.5 Å². The predicted octanol–water partition coefficient (Wildman–Crippen LogP) is 4.09. The lowest BCUT2D eigenvalue weighted by molar-refractivity contribution is 0.938. The Morgan fingerprint density at radius 1 is 1.42 bits per heavy atom. The number of nitrogens with zero attached hydrogens (tertiary/aromatic N) is 1. The molecular formula is C14H15BrN2S2. The summed E-state index contributed by atoms with van der Waals surface area (Å²) in [4.78, 5) is 3.91. The summed E-state index contributed by atoms with van der Waals surface area (Å²) in [6.07, 6.45) is 0.